The predicted octanol–water partition coefficient (Wildman–Crippen LogP) is 5.52. The van der Waals surface area contributed by atoms with E-state index in [9.17, 15) is 15.2 Å². The number of anilines is 1. The molecule has 0 bridgehead atoms. The summed E-state index contributed by atoms with van der Waals surface area (Å²) in [6.45, 7) is 2.71. The van der Waals surface area contributed by atoms with Crippen LogP contribution in [0.1, 0.15) is 18.1 Å². The monoisotopic (exact) mass is 540 g/mol. The van der Waals surface area contributed by atoms with Gasteiger partial charge in [0.1, 0.15) is 24.0 Å². The summed E-state index contributed by atoms with van der Waals surface area (Å²) in [7, 11) is 0. The molecule has 1 amide bonds. The van der Waals surface area contributed by atoms with Crippen molar-refractivity contribution in [1.82, 2.24) is 0 Å². The molecule has 0 heterocycles. The number of nitrogens with zero attached hydrogens (tertiary/aromatic N) is 1. The zero-order chi connectivity index (χ0) is 22.9. The summed E-state index contributed by atoms with van der Waals surface area (Å²) in [6, 6.07) is 21.2. The van der Waals surface area contributed by atoms with Crippen molar-refractivity contribution in [1.29, 1.82) is 5.26 Å². The van der Waals surface area contributed by atoms with Crippen LogP contribution in [0.25, 0.3) is 6.08 Å². The molecule has 0 fully saturated rings. The van der Waals surface area contributed by atoms with E-state index < -0.39 is 5.91 Å². The van der Waals surface area contributed by atoms with E-state index in [1.54, 1.807) is 30.3 Å². The maximum atomic E-state index is 12.5. The molecule has 6 nitrogen and oxygen atoms in total. The number of amides is 1. The highest BCUT2D eigenvalue weighted by molar-refractivity contribution is 14.1. The molecule has 0 spiro atoms. The number of benzene rings is 3. The molecule has 0 radical (unpaired) electrons. The molecule has 3 aromatic rings. The van der Waals surface area contributed by atoms with Gasteiger partial charge in [0, 0.05) is 9.26 Å². The topological polar surface area (TPSA) is 91.6 Å². The van der Waals surface area contributed by atoms with Gasteiger partial charge in [-0.2, -0.15) is 5.26 Å². The zero-order valence-electron chi connectivity index (χ0n) is 17.3. The number of nitriles is 1. The van der Waals surface area contributed by atoms with Gasteiger partial charge in [-0.05, 0) is 95.2 Å². The predicted molar refractivity (Wildman–Crippen MR) is 131 cm³/mol. The van der Waals surface area contributed by atoms with E-state index in [2.05, 4.69) is 27.9 Å². The number of ether oxygens (including phenoxy) is 2. The molecule has 32 heavy (non-hydrogen) atoms. The Morgan fingerprint density at radius 3 is 2.44 bits per heavy atom. The highest BCUT2D eigenvalue weighted by Crippen LogP contribution is 2.30. The lowest BCUT2D eigenvalue weighted by atomic mass is 10.1. The average molecular weight is 540 g/mol. The molecule has 3 rings (SSSR count). The third-order valence-electron chi connectivity index (χ3n) is 4.38. The van der Waals surface area contributed by atoms with E-state index in [1.807, 2.05) is 37.3 Å². The molecule has 0 aromatic heterocycles. The van der Waals surface area contributed by atoms with Crippen molar-refractivity contribution in [2.45, 2.75) is 13.5 Å². The number of nitrogens with one attached hydrogen (secondary N) is 1. The largest absolute Gasteiger partial charge is 0.508 e. The summed E-state index contributed by atoms with van der Waals surface area (Å²) in [6.07, 6.45) is 1.49. The van der Waals surface area contributed by atoms with Crippen LogP contribution in [0.15, 0.2) is 72.3 Å². The fraction of sp³-hybridized carbons (Fsp3) is 0.120. The maximum Gasteiger partial charge on any atom is 0.266 e. The molecule has 0 saturated carbocycles. The minimum Gasteiger partial charge on any atom is -0.508 e. The van der Waals surface area contributed by atoms with Crippen molar-refractivity contribution in [2.75, 3.05) is 11.9 Å². The number of halogens is 1. The molecule has 7 heteroatoms. The zero-order valence-corrected chi connectivity index (χ0v) is 19.5. The summed E-state index contributed by atoms with van der Waals surface area (Å²) in [5, 5.41) is 21.4. The summed E-state index contributed by atoms with van der Waals surface area (Å²) >= 11 is 2.25. The molecular formula is C25H21IN2O4. The average Bonchev–Trinajstić information content (AvgIpc) is 2.79. The van der Waals surface area contributed by atoms with Crippen molar-refractivity contribution in [2.24, 2.45) is 0 Å². The van der Waals surface area contributed by atoms with E-state index in [1.165, 1.54) is 18.2 Å². The standard InChI is InChI=1S/C25H21IN2O4/c1-2-31-24-14-18(5-12-23(24)32-16-17-3-6-20(26)7-4-17)13-19(15-27)25(30)28-21-8-10-22(29)11-9-21/h3-14,29H,2,16H2,1H3,(H,28,30)/b19-13+. The lowest BCUT2D eigenvalue weighted by molar-refractivity contribution is -0.112. The number of aromatic hydroxyl groups is 1. The molecular weight excluding hydrogens is 519 g/mol. The van der Waals surface area contributed by atoms with Gasteiger partial charge in [0.25, 0.3) is 5.91 Å². The van der Waals surface area contributed by atoms with Gasteiger partial charge in [-0.1, -0.05) is 18.2 Å². The van der Waals surface area contributed by atoms with Gasteiger partial charge in [0.05, 0.1) is 6.61 Å². The Bertz CT molecular complexity index is 1150. The summed E-state index contributed by atoms with van der Waals surface area (Å²) in [4.78, 5) is 12.5. The van der Waals surface area contributed by atoms with Crippen LogP contribution in [0.5, 0.6) is 17.2 Å². The number of carbonyl (C=O) groups excluding carboxylic acids is 1. The normalized spacial score (nSPS) is 10.8. The van der Waals surface area contributed by atoms with E-state index in [-0.39, 0.29) is 11.3 Å². The Morgan fingerprint density at radius 1 is 1.06 bits per heavy atom. The van der Waals surface area contributed by atoms with Crippen LogP contribution in [-0.2, 0) is 11.4 Å². The van der Waals surface area contributed by atoms with Crippen LogP contribution in [-0.4, -0.2) is 17.6 Å². The lowest BCUT2D eigenvalue weighted by Crippen LogP contribution is -2.13. The van der Waals surface area contributed by atoms with Crippen molar-refractivity contribution in [3.63, 3.8) is 0 Å². The Kier molecular flexibility index (Phi) is 8.11. The first-order valence-electron chi connectivity index (χ1n) is 9.84. The Hall–Kier alpha value is -3.51. The van der Waals surface area contributed by atoms with E-state index in [4.69, 9.17) is 9.47 Å². The van der Waals surface area contributed by atoms with Crippen LogP contribution >= 0.6 is 22.6 Å². The van der Waals surface area contributed by atoms with Crippen LogP contribution in [0.3, 0.4) is 0 Å². The lowest BCUT2D eigenvalue weighted by Gasteiger charge is -2.13. The fourth-order valence-corrected chi connectivity index (χ4v) is 3.16. The minimum atomic E-state index is -0.546. The number of carbonyl (C=O) groups is 1. The molecule has 162 valence electrons. The van der Waals surface area contributed by atoms with Crippen molar-refractivity contribution in [3.8, 4) is 23.3 Å². The van der Waals surface area contributed by atoms with E-state index in [0.717, 1.165) is 9.13 Å². The molecule has 0 aliphatic heterocycles. The molecule has 0 unspecified atom stereocenters. The highest BCUT2D eigenvalue weighted by atomic mass is 127. The first-order valence-corrected chi connectivity index (χ1v) is 10.9. The smallest absolute Gasteiger partial charge is 0.266 e. The minimum absolute atomic E-state index is 0.0620. The van der Waals surface area contributed by atoms with Gasteiger partial charge in [-0.25, -0.2) is 0 Å². The Labute approximate surface area is 200 Å². The van der Waals surface area contributed by atoms with Gasteiger partial charge < -0.3 is 19.9 Å². The van der Waals surface area contributed by atoms with Crippen LogP contribution < -0.4 is 14.8 Å². The number of hydrogen-bond acceptors (Lipinski definition) is 5. The third-order valence-corrected chi connectivity index (χ3v) is 5.10. The van der Waals surface area contributed by atoms with Crippen molar-refractivity contribution < 1.29 is 19.4 Å². The van der Waals surface area contributed by atoms with Crippen LogP contribution in [0.4, 0.5) is 5.69 Å². The van der Waals surface area contributed by atoms with Gasteiger partial charge in [-0.15, -0.1) is 0 Å². The Balaban J connectivity index is 1.76. The second-order valence-corrected chi connectivity index (χ2v) is 7.97. The second-order valence-electron chi connectivity index (χ2n) is 6.73. The van der Waals surface area contributed by atoms with Crippen molar-refractivity contribution >= 4 is 40.3 Å². The molecule has 0 aliphatic rings. The van der Waals surface area contributed by atoms with E-state index >= 15 is 0 Å². The molecule has 0 atom stereocenters. The summed E-state index contributed by atoms with van der Waals surface area (Å²) in [5.41, 5.74) is 2.08. The first-order chi connectivity index (χ1) is 15.5. The van der Waals surface area contributed by atoms with E-state index in [0.29, 0.717) is 36.0 Å². The quantitative estimate of drug-likeness (QED) is 0.170. The third kappa shape index (κ3) is 6.49. The number of phenolic OH excluding ortho intramolecular Hbond substituents is 1. The van der Waals surface area contributed by atoms with Gasteiger partial charge in [0.15, 0.2) is 11.5 Å². The molecule has 0 saturated heterocycles. The number of phenols is 1. The fourth-order valence-electron chi connectivity index (χ4n) is 2.80. The molecule has 0 aliphatic carbocycles. The highest BCUT2D eigenvalue weighted by Gasteiger charge is 2.12. The summed E-state index contributed by atoms with van der Waals surface area (Å²) in [5.74, 6) is 0.652. The van der Waals surface area contributed by atoms with Crippen LogP contribution in [0.2, 0.25) is 0 Å². The first kappa shape index (κ1) is 23.2. The molecule has 2 N–H and O–H groups in total. The van der Waals surface area contributed by atoms with Gasteiger partial charge >= 0.3 is 0 Å². The SMILES string of the molecule is CCOc1cc(/C=C(\C#N)C(=O)Nc2ccc(O)cc2)ccc1OCc1ccc(I)cc1. The van der Waals surface area contributed by atoms with Crippen LogP contribution in [0, 0.1) is 14.9 Å². The second kappa shape index (κ2) is 11.2. The number of rotatable bonds is 8. The molecule has 3 aromatic carbocycles. The van der Waals surface area contributed by atoms with Crippen molar-refractivity contribution in [3.05, 3.63) is 87.0 Å². The summed E-state index contributed by atoms with van der Waals surface area (Å²) < 4.78 is 12.8. The van der Waals surface area contributed by atoms with Gasteiger partial charge in [0.2, 0.25) is 0 Å². The number of hydrogen-bond donors (Lipinski definition) is 2. The Morgan fingerprint density at radius 2 is 1.78 bits per heavy atom. The maximum absolute atomic E-state index is 12.5. The van der Waals surface area contributed by atoms with Gasteiger partial charge in [-0.3, -0.25) is 4.79 Å².